The number of hydrogen-bond acceptors (Lipinski definition) is 6. The smallest absolute Gasteiger partial charge is 0.332 e. The van der Waals surface area contributed by atoms with Crippen LogP contribution in [0.2, 0.25) is 5.02 Å². The normalized spacial score (nSPS) is 10.8. The van der Waals surface area contributed by atoms with Crippen LogP contribution in [0.25, 0.3) is 0 Å². The monoisotopic (exact) mass is 368 g/mol. The summed E-state index contributed by atoms with van der Waals surface area (Å²) in [5.74, 6) is 0.0662. The molecule has 1 aromatic carbocycles. The van der Waals surface area contributed by atoms with Crippen molar-refractivity contribution < 1.29 is 9.84 Å². The van der Waals surface area contributed by atoms with Crippen molar-refractivity contribution in [2.75, 3.05) is 30.9 Å². The minimum absolute atomic E-state index is 0.0662. The summed E-state index contributed by atoms with van der Waals surface area (Å²) in [6.45, 7) is 0.585. The van der Waals surface area contributed by atoms with Crippen LogP contribution in [-0.2, 0) is 24.9 Å². The van der Waals surface area contributed by atoms with Gasteiger partial charge in [0.1, 0.15) is 11.5 Å². The molecule has 2 rings (SSSR count). The standard InChI is InChI=1S/C16H21ClN4O4/c1-20-14(18)13(19-10-11-2-4-12(17)5-3-11)15(23)21(16(20)24)6-8-25-9-7-22/h2-5,19,22H,6-10,18H2,1H3. The summed E-state index contributed by atoms with van der Waals surface area (Å²) >= 11 is 5.85. The number of hydrogen-bond donors (Lipinski definition) is 3. The van der Waals surface area contributed by atoms with E-state index >= 15 is 0 Å². The Bertz CT molecular complexity index is 830. The lowest BCUT2D eigenvalue weighted by molar-refractivity contribution is 0.0858. The van der Waals surface area contributed by atoms with Gasteiger partial charge in [-0.15, -0.1) is 0 Å². The van der Waals surface area contributed by atoms with Crippen molar-refractivity contribution in [1.29, 1.82) is 0 Å². The molecule has 0 saturated heterocycles. The SMILES string of the molecule is Cn1c(N)c(NCc2ccc(Cl)cc2)c(=O)n(CCOCCO)c1=O. The van der Waals surface area contributed by atoms with Gasteiger partial charge >= 0.3 is 5.69 Å². The highest BCUT2D eigenvalue weighted by Gasteiger charge is 2.15. The van der Waals surface area contributed by atoms with Gasteiger partial charge in [-0.05, 0) is 17.7 Å². The highest BCUT2D eigenvalue weighted by Crippen LogP contribution is 2.13. The molecule has 136 valence electrons. The summed E-state index contributed by atoms with van der Waals surface area (Å²) in [5, 5.41) is 12.3. The number of benzene rings is 1. The van der Waals surface area contributed by atoms with Gasteiger partial charge in [0.05, 0.1) is 26.4 Å². The molecule has 0 saturated carbocycles. The number of aliphatic hydroxyl groups excluding tert-OH is 1. The van der Waals surface area contributed by atoms with Crippen molar-refractivity contribution in [2.24, 2.45) is 7.05 Å². The van der Waals surface area contributed by atoms with Gasteiger partial charge < -0.3 is 20.9 Å². The van der Waals surface area contributed by atoms with Crippen LogP contribution in [0, 0.1) is 0 Å². The van der Waals surface area contributed by atoms with Gasteiger partial charge in [0.15, 0.2) is 0 Å². The molecule has 1 aromatic heterocycles. The maximum atomic E-state index is 12.6. The maximum Gasteiger partial charge on any atom is 0.332 e. The molecule has 9 heteroatoms. The molecule has 2 aromatic rings. The molecule has 25 heavy (non-hydrogen) atoms. The number of nitrogens with zero attached hydrogens (tertiary/aromatic N) is 2. The molecule has 0 amide bonds. The fourth-order valence-electron chi connectivity index (χ4n) is 2.26. The number of nitrogens with two attached hydrogens (primary N) is 1. The Balaban J connectivity index is 2.24. The zero-order chi connectivity index (χ0) is 18.4. The van der Waals surface area contributed by atoms with Crippen LogP contribution in [0.15, 0.2) is 33.9 Å². The molecule has 1 heterocycles. The van der Waals surface area contributed by atoms with Crippen LogP contribution in [0.5, 0.6) is 0 Å². The number of rotatable bonds is 8. The average molecular weight is 369 g/mol. The van der Waals surface area contributed by atoms with Gasteiger partial charge in [-0.2, -0.15) is 0 Å². The topological polar surface area (TPSA) is 112 Å². The van der Waals surface area contributed by atoms with E-state index < -0.39 is 11.2 Å². The molecule has 0 unspecified atom stereocenters. The van der Waals surface area contributed by atoms with E-state index in [1.54, 1.807) is 12.1 Å². The molecule has 0 atom stereocenters. The number of halogens is 1. The highest BCUT2D eigenvalue weighted by molar-refractivity contribution is 6.30. The van der Waals surface area contributed by atoms with Crippen molar-refractivity contribution in [3.8, 4) is 0 Å². The Morgan fingerprint density at radius 1 is 1.24 bits per heavy atom. The molecule has 0 bridgehead atoms. The average Bonchev–Trinajstić information content (AvgIpc) is 2.61. The van der Waals surface area contributed by atoms with Crippen molar-refractivity contribution in [2.45, 2.75) is 13.1 Å². The Morgan fingerprint density at radius 3 is 2.56 bits per heavy atom. The van der Waals surface area contributed by atoms with Crippen molar-refractivity contribution in [3.05, 3.63) is 55.7 Å². The van der Waals surface area contributed by atoms with E-state index in [9.17, 15) is 9.59 Å². The predicted molar refractivity (Wildman–Crippen MR) is 97.0 cm³/mol. The summed E-state index contributed by atoms with van der Waals surface area (Å²) < 4.78 is 7.38. The first-order valence-electron chi connectivity index (χ1n) is 7.72. The zero-order valence-corrected chi connectivity index (χ0v) is 14.6. The zero-order valence-electron chi connectivity index (χ0n) is 13.9. The highest BCUT2D eigenvalue weighted by atomic mass is 35.5. The van der Waals surface area contributed by atoms with Crippen LogP contribution < -0.4 is 22.3 Å². The van der Waals surface area contributed by atoms with E-state index in [0.29, 0.717) is 11.6 Å². The molecule has 0 aliphatic rings. The number of aromatic nitrogens is 2. The summed E-state index contributed by atoms with van der Waals surface area (Å²) in [6, 6.07) is 7.16. The fourth-order valence-corrected chi connectivity index (χ4v) is 2.39. The van der Waals surface area contributed by atoms with Gasteiger partial charge in [-0.1, -0.05) is 23.7 Å². The third kappa shape index (κ3) is 4.62. The fraction of sp³-hybridized carbons (Fsp3) is 0.375. The second-order valence-corrected chi connectivity index (χ2v) is 5.81. The molecule has 0 radical (unpaired) electrons. The number of anilines is 2. The Hall–Kier alpha value is -2.29. The first kappa shape index (κ1) is 19.0. The second kappa shape index (κ2) is 8.70. The molecule has 8 nitrogen and oxygen atoms in total. The lowest BCUT2D eigenvalue weighted by Gasteiger charge is -2.15. The van der Waals surface area contributed by atoms with Gasteiger partial charge in [-0.25, -0.2) is 4.79 Å². The first-order valence-corrected chi connectivity index (χ1v) is 8.09. The van der Waals surface area contributed by atoms with Gasteiger partial charge in [-0.3, -0.25) is 13.9 Å². The second-order valence-electron chi connectivity index (χ2n) is 5.37. The number of ether oxygens (including phenoxy) is 1. The molecular weight excluding hydrogens is 348 g/mol. The molecule has 0 fully saturated rings. The van der Waals surface area contributed by atoms with E-state index in [1.807, 2.05) is 12.1 Å². The van der Waals surface area contributed by atoms with Gasteiger partial charge in [0.2, 0.25) is 0 Å². The Morgan fingerprint density at radius 2 is 1.92 bits per heavy atom. The van der Waals surface area contributed by atoms with Crippen molar-refractivity contribution in [3.63, 3.8) is 0 Å². The maximum absolute atomic E-state index is 12.6. The van der Waals surface area contributed by atoms with Crippen LogP contribution in [-0.4, -0.2) is 34.1 Å². The molecule has 0 aliphatic heterocycles. The van der Waals surface area contributed by atoms with Crippen LogP contribution in [0.1, 0.15) is 5.56 Å². The minimum atomic E-state index is -0.521. The summed E-state index contributed by atoms with van der Waals surface area (Å²) in [5.41, 5.74) is 5.95. The van der Waals surface area contributed by atoms with Crippen LogP contribution >= 0.6 is 11.6 Å². The van der Waals surface area contributed by atoms with E-state index in [0.717, 1.165) is 10.1 Å². The summed E-state index contributed by atoms with van der Waals surface area (Å²) in [4.78, 5) is 24.8. The van der Waals surface area contributed by atoms with Crippen LogP contribution in [0.3, 0.4) is 0 Å². The molecule has 0 spiro atoms. The first-order chi connectivity index (χ1) is 12.0. The van der Waals surface area contributed by atoms with Gasteiger partial charge in [0, 0.05) is 18.6 Å². The third-order valence-corrected chi connectivity index (χ3v) is 3.92. The van der Waals surface area contributed by atoms with Crippen molar-refractivity contribution >= 4 is 23.1 Å². The molecule has 0 aliphatic carbocycles. The summed E-state index contributed by atoms with van der Waals surface area (Å²) in [7, 11) is 1.50. The quantitative estimate of drug-likeness (QED) is 0.582. The lowest BCUT2D eigenvalue weighted by atomic mass is 10.2. The van der Waals surface area contributed by atoms with Gasteiger partial charge in [0.25, 0.3) is 5.56 Å². The summed E-state index contributed by atoms with van der Waals surface area (Å²) in [6.07, 6.45) is 0. The predicted octanol–water partition coefficient (Wildman–Crippen LogP) is 0.404. The third-order valence-electron chi connectivity index (χ3n) is 3.67. The lowest BCUT2D eigenvalue weighted by Crippen LogP contribution is -2.42. The Kier molecular flexibility index (Phi) is 6.63. The van der Waals surface area contributed by atoms with E-state index in [4.69, 9.17) is 27.2 Å². The van der Waals surface area contributed by atoms with E-state index in [-0.39, 0.29) is 37.9 Å². The van der Waals surface area contributed by atoms with Crippen molar-refractivity contribution in [1.82, 2.24) is 9.13 Å². The number of nitrogen functional groups attached to an aromatic ring is 1. The minimum Gasteiger partial charge on any atom is -0.394 e. The van der Waals surface area contributed by atoms with E-state index in [2.05, 4.69) is 5.32 Å². The number of aliphatic hydroxyl groups is 1. The molecular formula is C16H21ClN4O4. The van der Waals surface area contributed by atoms with Crippen LogP contribution in [0.4, 0.5) is 11.5 Å². The Labute approximate surface area is 149 Å². The largest absolute Gasteiger partial charge is 0.394 e. The van der Waals surface area contributed by atoms with E-state index in [1.165, 1.54) is 11.6 Å². The molecule has 4 N–H and O–H groups in total. The number of nitrogens with one attached hydrogen (secondary N) is 1.